The first-order chi connectivity index (χ1) is 8.38. The summed E-state index contributed by atoms with van der Waals surface area (Å²) >= 11 is 0. The zero-order valence-corrected chi connectivity index (χ0v) is 17.8. The van der Waals surface area contributed by atoms with E-state index in [-0.39, 0.29) is 0 Å². The molecule has 0 radical (unpaired) electrons. The molecule has 0 aromatic carbocycles. The molecule has 0 saturated carbocycles. The summed E-state index contributed by atoms with van der Waals surface area (Å²) < 4.78 is 5.72. The molecule has 0 unspecified atom stereocenters. The van der Waals surface area contributed by atoms with E-state index >= 15 is 0 Å². The minimum absolute atomic E-state index is 0.779. The second kappa shape index (κ2) is 7.29. The van der Waals surface area contributed by atoms with E-state index in [0.29, 0.717) is 0 Å². The summed E-state index contributed by atoms with van der Waals surface area (Å²) in [6.07, 6.45) is 0. The van der Waals surface area contributed by atoms with Gasteiger partial charge in [0.05, 0.1) is 0 Å². The second-order valence-corrected chi connectivity index (χ2v) is 24.6. The summed E-state index contributed by atoms with van der Waals surface area (Å²) in [6, 6.07) is 3.08. The molecule has 0 aliphatic carbocycles. The van der Waals surface area contributed by atoms with Crippen LogP contribution >= 0.6 is 8.60 Å². The third kappa shape index (κ3) is 6.50. The lowest BCUT2D eigenvalue weighted by Gasteiger charge is -2.43. The van der Waals surface area contributed by atoms with Crippen LogP contribution in [0.1, 0.15) is 13.8 Å². The predicted molar refractivity (Wildman–Crippen MR) is 94.4 cm³/mol. The minimum atomic E-state index is -2.21. The Morgan fingerprint density at radius 3 is 1.47 bits per heavy atom. The van der Waals surface area contributed by atoms with Crippen LogP contribution in [0, 0.1) is 0 Å². The SMILES string of the molecule is CC[Si](CC)(CC([Si](C)(C)C)[Si](C)(C)C)OP(O)O. The topological polar surface area (TPSA) is 49.7 Å². The molecule has 116 valence electrons. The maximum absolute atomic E-state index is 9.32. The van der Waals surface area contributed by atoms with Crippen molar-refractivity contribution >= 4 is 33.1 Å². The molecule has 0 heterocycles. The van der Waals surface area contributed by atoms with E-state index in [1.54, 1.807) is 0 Å². The lowest BCUT2D eigenvalue weighted by atomic mass is 10.9. The Hall–Kier alpha value is 0.961. The average molecular weight is 341 g/mol. The van der Waals surface area contributed by atoms with Gasteiger partial charge in [-0.1, -0.05) is 58.3 Å². The fourth-order valence-corrected chi connectivity index (χ4v) is 25.2. The highest BCUT2D eigenvalue weighted by Crippen LogP contribution is 2.45. The molecule has 0 spiro atoms. The first-order valence-electron chi connectivity index (χ1n) is 7.25. The van der Waals surface area contributed by atoms with Gasteiger partial charge >= 0.3 is 8.60 Å². The summed E-state index contributed by atoms with van der Waals surface area (Å²) in [7, 11) is -6.71. The number of hydrogen-bond donors (Lipinski definition) is 2. The maximum atomic E-state index is 9.32. The van der Waals surface area contributed by atoms with Crippen molar-refractivity contribution in [1.82, 2.24) is 0 Å². The molecule has 0 aliphatic heterocycles. The Morgan fingerprint density at radius 1 is 0.895 bits per heavy atom. The molecule has 7 heteroatoms. The summed E-state index contributed by atoms with van der Waals surface area (Å²) in [4.78, 5) is 18.6. The van der Waals surface area contributed by atoms with E-state index in [0.717, 1.165) is 23.3 Å². The van der Waals surface area contributed by atoms with E-state index in [9.17, 15) is 9.79 Å². The minimum Gasteiger partial charge on any atom is -0.354 e. The van der Waals surface area contributed by atoms with Gasteiger partial charge in [-0.25, -0.2) is 0 Å². The predicted octanol–water partition coefficient (Wildman–Crippen LogP) is 4.79. The quantitative estimate of drug-likeness (QED) is 0.493. The normalized spacial score (nSPS) is 14.5. The van der Waals surface area contributed by atoms with Gasteiger partial charge in [0, 0.05) is 16.1 Å². The molecule has 2 N–H and O–H groups in total. The fraction of sp³-hybridized carbons (Fsp3) is 1.00. The van der Waals surface area contributed by atoms with Gasteiger partial charge in [-0.3, -0.25) is 0 Å². The van der Waals surface area contributed by atoms with Crippen LogP contribution in [0.4, 0.5) is 0 Å². The van der Waals surface area contributed by atoms with E-state index < -0.39 is 33.1 Å². The van der Waals surface area contributed by atoms with Crippen molar-refractivity contribution in [3.05, 3.63) is 0 Å². The van der Waals surface area contributed by atoms with Gasteiger partial charge in [-0.05, 0) is 18.1 Å². The molecule has 0 saturated heterocycles. The van der Waals surface area contributed by atoms with Crippen LogP contribution in [-0.2, 0) is 4.21 Å². The van der Waals surface area contributed by atoms with Crippen LogP contribution in [-0.4, -0.2) is 34.3 Å². The van der Waals surface area contributed by atoms with E-state index in [2.05, 4.69) is 53.1 Å². The zero-order chi connectivity index (χ0) is 15.5. The van der Waals surface area contributed by atoms with Crippen molar-refractivity contribution in [2.45, 2.75) is 76.4 Å². The van der Waals surface area contributed by atoms with Gasteiger partial charge in [-0.15, -0.1) is 0 Å². The van der Waals surface area contributed by atoms with Crippen LogP contribution in [0.2, 0.25) is 62.6 Å². The molecule has 0 aromatic rings. The first-order valence-corrected chi connectivity index (χ1v) is 18.1. The standard InChI is InChI=1S/C12H33O3PSi3/c1-9-19(10-2,15-16(13)14)11-12(17(3,4)5)18(6,7)8/h12-14H,9-11H2,1-8H3. The second-order valence-electron chi connectivity index (χ2n) is 7.72. The highest BCUT2D eigenvalue weighted by Gasteiger charge is 2.45. The molecule has 0 fully saturated rings. The van der Waals surface area contributed by atoms with E-state index in [1.165, 1.54) is 0 Å². The Bertz CT molecular complexity index is 256. The third-order valence-corrected chi connectivity index (χ3v) is 20.8. The Balaban J connectivity index is 5.27. The molecule has 19 heavy (non-hydrogen) atoms. The first kappa shape index (κ1) is 20.0. The van der Waals surface area contributed by atoms with Crippen LogP contribution < -0.4 is 0 Å². The lowest BCUT2D eigenvalue weighted by Crippen LogP contribution is -2.49. The fourth-order valence-electron chi connectivity index (χ4n) is 3.16. The largest absolute Gasteiger partial charge is 0.354 e. The Kier molecular flexibility index (Phi) is 7.66. The summed E-state index contributed by atoms with van der Waals surface area (Å²) in [5.41, 5.74) is 0. The van der Waals surface area contributed by atoms with E-state index in [1.807, 2.05) is 0 Å². The van der Waals surface area contributed by atoms with Crippen LogP contribution in [0.3, 0.4) is 0 Å². The average Bonchev–Trinajstić information content (AvgIpc) is 2.20. The van der Waals surface area contributed by atoms with Gasteiger partial charge in [0.2, 0.25) is 8.32 Å². The molecule has 0 bridgehead atoms. The van der Waals surface area contributed by atoms with Gasteiger partial charge in [0.15, 0.2) is 0 Å². The molecule has 0 rings (SSSR count). The third-order valence-electron chi connectivity index (χ3n) is 4.23. The molecule has 0 amide bonds. The van der Waals surface area contributed by atoms with Crippen molar-refractivity contribution in [3.63, 3.8) is 0 Å². The van der Waals surface area contributed by atoms with E-state index in [4.69, 9.17) is 4.21 Å². The van der Waals surface area contributed by atoms with Crippen LogP contribution in [0.5, 0.6) is 0 Å². The molecule has 0 aromatic heterocycles. The molecule has 0 aliphatic rings. The molecule has 3 nitrogen and oxygen atoms in total. The van der Waals surface area contributed by atoms with Crippen molar-refractivity contribution in [1.29, 1.82) is 0 Å². The van der Waals surface area contributed by atoms with Crippen molar-refractivity contribution < 1.29 is 14.0 Å². The highest BCUT2D eigenvalue weighted by molar-refractivity contribution is 7.41. The zero-order valence-electron chi connectivity index (χ0n) is 13.9. The van der Waals surface area contributed by atoms with Gasteiger partial charge < -0.3 is 14.0 Å². The molecular weight excluding hydrogens is 307 g/mol. The summed E-state index contributed by atoms with van der Waals surface area (Å²) in [5.74, 6) is 0. The smallest absolute Gasteiger partial charge is 0.316 e. The molecule has 0 atom stereocenters. The van der Waals surface area contributed by atoms with Crippen molar-refractivity contribution in [2.24, 2.45) is 0 Å². The number of hydrogen-bond acceptors (Lipinski definition) is 3. The Labute approximate surface area is 123 Å². The van der Waals surface area contributed by atoms with Crippen LogP contribution in [0.15, 0.2) is 0 Å². The Morgan fingerprint density at radius 2 is 1.26 bits per heavy atom. The number of rotatable bonds is 8. The molecular formula is C12H33O3PSi3. The monoisotopic (exact) mass is 340 g/mol. The van der Waals surface area contributed by atoms with Gasteiger partial charge in [-0.2, -0.15) is 0 Å². The van der Waals surface area contributed by atoms with Gasteiger partial charge in [0.1, 0.15) is 0 Å². The summed E-state index contributed by atoms with van der Waals surface area (Å²) in [6.45, 7) is 19.0. The highest BCUT2D eigenvalue weighted by atomic mass is 31.2. The summed E-state index contributed by atoms with van der Waals surface area (Å²) in [5, 5.41) is 0.779. The van der Waals surface area contributed by atoms with Crippen molar-refractivity contribution in [3.8, 4) is 0 Å². The van der Waals surface area contributed by atoms with Gasteiger partial charge in [0.25, 0.3) is 0 Å². The lowest BCUT2D eigenvalue weighted by molar-refractivity contribution is 0.366. The van der Waals surface area contributed by atoms with Crippen molar-refractivity contribution in [2.75, 3.05) is 0 Å². The maximum Gasteiger partial charge on any atom is 0.316 e. The van der Waals surface area contributed by atoms with Crippen LogP contribution in [0.25, 0.3) is 0 Å².